The zero-order chi connectivity index (χ0) is 10.7. The molecular formula is C10H17N5. The molecule has 1 aromatic heterocycles. The van der Waals surface area contributed by atoms with Crippen LogP contribution in [0, 0.1) is 0 Å². The van der Waals surface area contributed by atoms with Crippen LogP contribution in [-0.4, -0.2) is 22.0 Å². The van der Waals surface area contributed by atoms with E-state index in [4.69, 9.17) is 5.73 Å². The number of hydrogen-bond acceptors (Lipinski definition) is 2. The molecule has 0 saturated heterocycles. The molecule has 1 aliphatic rings. The van der Waals surface area contributed by atoms with Gasteiger partial charge in [0.15, 0.2) is 5.96 Å². The van der Waals surface area contributed by atoms with Crippen LogP contribution in [-0.2, 0) is 0 Å². The molecule has 5 nitrogen and oxygen atoms in total. The molecule has 0 aliphatic heterocycles. The molecule has 1 aromatic rings. The van der Waals surface area contributed by atoms with Crippen LogP contribution in [0.25, 0.3) is 0 Å². The topological polar surface area (TPSA) is 79.1 Å². The van der Waals surface area contributed by atoms with Crippen LogP contribution < -0.4 is 11.1 Å². The molecule has 2 rings (SSSR count). The number of aliphatic imine (C=N–C) groups is 1. The average molecular weight is 207 g/mol. The second-order valence-corrected chi connectivity index (χ2v) is 3.83. The van der Waals surface area contributed by atoms with Gasteiger partial charge in [-0.2, -0.15) is 0 Å². The highest BCUT2D eigenvalue weighted by atomic mass is 15.1. The maximum Gasteiger partial charge on any atom is 0.189 e. The maximum atomic E-state index is 5.79. The Balaban J connectivity index is 1.95. The minimum Gasteiger partial charge on any atom is -0.370 e. The third-order valence-corrected chi connectivity index (χ3v) is 2.45. The number of aromatic nitrogens is 2. The molecule has 1 unspecified atom stereocenters. The van der Waals surface area contributed by atoms with Crippen LogP contribution in [0.1, 0.15) is 38.1 Å². The predicted octanol–water partition coefficient (Wildman–Crippen LogP) is 0.927. The van der Waals surface area contributed by atoms with Gasteiger partial charge in [-0.25, -0.2) is 4.98 Å². The molecule has 0 radical (unpaired) electrons. The number of rotatable bonds is 4. The molecule has 82 valence electrons. The van der Waals surface area contributed by atoms with Crippen molar-refractivity contribution in [1.82, 2.24) is 15.3 Å². The Bertz CT molecular complexity index is 326. The second kappa shape index (κ2) is 4.33. The Morgan fingerprint density at radius 2 is 2.60 bits per heavy atom. The van der Waals surface area contributed by atoms with Crippen molar-refractivity contribution in [2.24, 2.45) is 10.7 Å². The first kappa shape index (κ1) is 10.0. The standard InChI is InChI=1S/C10H17N5/c1-2-8(9-12-5-6-13-9)15-10(11)14-7-3-4-7/h5-8H,2-4H2,1H3,(H,12,13)(H3,11,14,15). The van der Waals surface area contributed by atoms with Crippen LogP contribution >= 0.6 is 0 Å². The van der Waals surface area contributed by atoms with Crippen molar-refractivity contribution < 1.29 is 0 Å². The summed E-state index contributed by atoms with van der Waals surface area (Å²) in [5.41, 5.74) is 5.79. The Labute approximate surface area is 89.2 Å². The molecule has 1 aliphatic carbocycles. The van der Waals surface area contributed by atoms with Gasteiger partial charge in [-0.05, 0) is 19.3 Å². The van der Waals surface area contributed by atoms with Gasteiger partial charge in [0.2, 0.25) is 0 Å². The van der Waals surface area contributed by atoms with Gasteiger partial charge in [-0.3, -0.25) is 4.99 Å². The van der Waals surface area contributed by atoms with Gasteiger partial charge in [-0.1, -0.05) is 6.92 Å². The number of H-pyrrole nitrogens is 1. The lowest BCUT2D eigenvalue weighted by molar-refractivity contribution is 0.588. The molecule has 1 atom stereocenters. The molecule has 0 bridgehead atoms. The van der Waals surface area contributed by atoms with Crippen LogP contribution in [0.5, 0.6) is 0 Å². The summed E-state index contributed by atoms with van der Waals surface area (Å²) in [5, 5.41) is 3.17. The largest absolute Gasteiger partial charge is 0.370 e. The minimum atomic E-state index is 0.127. The second-order valence-electron chi connectivity index (χ2n) is 3.83. The lowest BCUT2D eigenvalue weighted by atomic mass is 10.2. The fourth-order valence-electron chi connectivity index (χ4n) is 1.45. The monoisotopic (exact) mass is 207 g/mol. The van der Waals surface area contributed by atoms with E-state index in [1.807, 2.05) is 6.20 Å². The van der Waals surface area contributed by atoms with E-state index >= 15 is 0 Å². The van der Waals surface area contributed by atoms with Gasteiger partial charge in [-0.15, -0.1) is 0 Å². The van der Waals surface area contributed by atoms with E-state index in [-0.39, 0.29) is 6.04 Å². The number of aromatic amines is 1. The molecule has 4 N–H and O–H groups in total. The van der Waals surface area contributed by atoms with E-state index in [0.29, 0.717) is 12.0 Å². The highest BCUT2D eigenvalue weighted by Gasteiger charge is 2.21. The fraction of sp³-hybridized carbons (Fsp3) is 0.600. The molecule has 1 fully saturated rings. The number of nitrogens with zero attached hydrogens (tertiary/aromatic N) is 2. The Morgan fingerprint density at radius 3 is 3.13 bits per heavy atom. The Hall–Kier alpha value is -1.52. The van der Waals surface area contributed by atoms with Gasteiger partial charge >= 0.3 is 0 Å². The summed E-state index contributed by atoms with van der Waals surface area (Å²) in [7, 11) is 0. The van der Waals surface area contributed by atoms with Gasteiger partial charge in [0.25, 0.3) is 0 Å². The molecule has 15 heavy (non-hydrogen) atoms. The van der Waals surface area contributed by atoms with E-state index in [0.717, 1.165) is 12.2 Å². The summed E-state index contributed by atoms with van der Waals surface area (Å²) in [4.78, 5) is 11.6. The fourth-order valence-corrected chi connectivity index (χ4v) is 1.45. The first-order valence-electron chi connectivity index (χ1n) is 5.38. The minimum absolute atomic E-state index is 0.127. The average Bonchev–Trinajstić information content (AvgIpc) is 2.86. The van der Waals surface area contributed by atoms with Gasteiger partial charge in [0, 0.05) is 12.4 Å². The lowest BCUT2D eigenvalue weighted by Gasteiger charge is -2.14. The number of hydrogen-bond donors (Lipinski definition) is 3. The highest BCUT2D eigenvalue weighted by molar-refractivity contribution is 5.78. The van der Waals surface area contributed by atoms with Crippen LogP contribution in [0.4, 0.5) is 0 Å². The van der Waals surface area contributed by atoms with Crippen LogP contribution in [0.2, 0.25) is 0 Å². The van der Waals surface area contributed by atoms with Crippen molar-refractivity contribution in [2.75, 3.05) is 0 Å². The lowest BCUT2D eigenvalue weighted by Crippen LogP contribution is -2.35. The van der Waals surface area contributed by atoms with Gasteiger partial charge in [0.1, 0.15) is 5.82 Å². The third-order valence-electron chi connectivity index (χ3n) is 2.45. The SMILES string of the molecule is CCC(NC(N)=NC1CC1)c1ncc[nH]1. The normalized spacial score (nSPS) is 18.9. The summed E-state index contributed by atoms with van der Waals surface area (Å²) in [5.74, 6) is 1.44. The number of nitrogens with two attached hydrogens (primary N) is 1. The first-order valence-corrected chi connectivity index (χ1v) is 5.38. The smallest absolute Gasteiger partial charge is 0.189 e. The first-order chi connectivity index (χ1) is 7.29. The molecule has 0 aromatic carbocycles. The zero-order valence-electron chi connectivity index (χ0n) is 8.90. The van der Waals surface area contributed by atoms with Crippen molar-refractivity contribution in [2.45, 2.75) is 38.3 Å². The van der Waals surface area contributed by atoms with Gasteiger partial charge in [0.05, 0.1) is 12.1 Å². The third kappa shape index (κ3) is 2.71. The van der Waals surface area contributed by atoms with Crippen molar-refractivity contribution in [1.29, 1.82) is 0 Å². The summed E-state index contributed by atoms with van der Waals surface area (Å²) >= 11 is 0. The van der Waals surface area contributed by atoms with Crippen molar-refractivity contribution >= 4 is 5.96 Å². The Morgan fingerprint density at radius 1 is 1.80 bits per heavy atom. The van der Waals surface area contributed by atoms with E-state index in [2.05, 4.69) is 27.2 Å². The molecule has 0 amide bonds. The van der Waals surface area contributed by atoms with Crippen molar-refractivity contribution in [3.8, 4) is 0 Å². The van der Waals surface area contributed by atoms with E-state index in [1.165, 1.54) is 12.8 Å². The van der Waals surface area contributed by atoms with Crippen molar-refractivity contribution in [3.05, 3.63) is 18.2 Å². The molecule has 0 spiro atoms. The Kier molecular flexibility index (Phi) is 2.89. The molecule has 1 saturated carbocycles. The predicted molar refractivity (Wildman–Crippen MR) is 59.4 cm³/mol. The van der Waals surface area contributed by atoms with E-state index in [1.54, 1.807) is 6.20 Å². The number of nitrogens with one attached hydrogen (secondary N) is 2. The van der Waals surface area contributed by atoms with E-state index in [9.17, 15) is 0 Å². The van der Waals surface area contributed by atoms with Crippen LogP contribution in [0.3, 0.4) is 0 Å². The van der Waals surface area contributed by atoms with Crippen molar-refractivity contribution in [3.63, 3.8) is 0 Å². The molecule has 1 heterocycles. The zero-order valence-corrected chi connectivity index (χ0v) is 8.90. The maximum absolute atomic E-state index is 5.79. The van der Waals surface area contributed by atoms with Crippen LogP contribution in [0.15, 0.2) is 17.4 Å². The highest BCUT2D eigenvalue weighted by Crippen LogP contribution is 2.23. The number of imidazole rings is 1. The summed E-state index contributed by atoms with van der Waals surface area (Å²) in [6.45, 7) is 2.09. The summed E-state index contributed by atoms with van der Waals surface area (Å²) in [6, 6.07) is 0.578. The summed E-state index contributed by atoms with van der Waals surface area (Å²) < 4.78 is 0. The van der Waals surface area contributed by atoms with Gasteiger partial charge < -0.3 is 16.0 Å². The molecular weight excluding hydrogens is 190 g/mol. The summed E-state index contributed by atoms with van der Waals surface area (Å²) in [6.07, 6.45) is 6.82. The van der Waals surface area contributed by atoms with E-state index < -0.39 is 0 Å². The quantitative estimate of drug-likeness (QED) is 0.507. The molecule has 5 heteroatoms. The number of guanidine groups is 1.